The summed E-state index contributed by atoms with van der Waals surface area (Å²) in [5, 5.41) is 0. The Balaban J connectivity index is 1.72. The summed E-state index contributed by atoms with van der Waals surface area (Å²) >= 11 is 0. The van der Waals surface area contributed by atoms with Crippen LogP contribution in [0.25, 0.3) is 0 Å². The van der Waals surface area contributed by atoms with Gasteiger partial charge >= 0.3 is 0 Å². The fourth-order valence-electron chi connectivity index (χ4n) is 3.39. The maximum absolute atomic E-state index is 12.8. The number of hydrogen-bond acceptors (Lipinski definition) is 1. The van der Waals surface area contributed by atoms with Crippen molar-refractivity contribution < 1.29 is 9.36 Å². The fraction of sp³-hybridized carbons (Fsp3) is 0.304. The Morgan fingerprint density at radius 3 is 2.35 bits per heavy atom. The Morgan fingerprint density at radius 1 is 1.00 bits per heavy atom. The largest absolute Gasteiger partial charge is 0.348 e. The highest BCUT2D eigenvalue weighted by atomic mass is 16.1. The molecular formula is C23H27N2O+. The molecule has 0 spiro atoms. The van der Waals surface area contributed by atoms with Crippen molar-refractivity contribution in [1.29, 1.82) is 0 Å². The van der Waals surface area contributed by atoms with Crippen LogP contribution in [-0.2, 0) is 25.9 Å². The molecule has 0 atom stereocenters. The molecule has 0 fully saturated rings. The molecule has 26 heavy (non-hydrogen) atoms. The zero-order valence-electron chi connectivity index (χ0n) is 15.9. The molecule has 0 saturated carbocycles. The first-order chi connectivity index (χ1) is 12.6. The van der Waals surface area contributed by atoms with Crippen LogP contribution >= 0.6 is 0 Å². The molecule has 0 amide bonds. The lowest BCUT2D eigenvalue weighted by Gasteiger charge is -2.09. The molecule has 3 heteroatoms. The lowest BCUT2D eigenvalue weighted by Crippen LogP contribution is -2.37. The van der Waals surface area contributed by atoms with Crippen LogP contribution in [0, 0.1) is 13.8 Å². The van der Waals surface area contributed by atoms with E-state index < -0.39 is 0 Å². The third-order valence-corrected chi connectivity index (χ3v) is 5.04. The SMILES string of the molecule is CCc1cc[n+](CC(=O)c2cc(C)n(CCc3ccccc3)c2C)cc1. The Labute approximate surface area is 155 Å². The summed E-state index contributed by atoms with van der Waals surface area (Å²) < 4.78 is 4.21. The van der Waals surface area contributed by atoms with Crippen molar-refractivity contribution in [2.75, 3.05) is 0 Å². The first kappa shape index (κ1) is 18.1. The van der Waals surface area contributed by atoms with Crippen LogP contribution in [0.3, 0.4) is 0 Å². The second kappa shape index (κ2) is 8.13. The van der Waals surface area contributed by atoms with Gasteiger partial charge < -0.3 is 4.57 Å². The molecule has 0 saturated heterocycles. The molecule has 0 aliphatic carbocycles. The molecule has 134 valence electrons. The molecule has 2 heterocycles. The van der Waals surface area contributed by atoms with E-state index in [0.717, 1.165) is 36.3 Å². The van der Waals surface area contributed by atoms with Crippen molar-refractivity contribution in [3.8, 4) is 0 Å². The van der Waals surface area contributed by atoms with Gasteiger partial charge in [0.25, 0.3) is 0 Å². The van der Waals surface area contributed by atoms with Crippen LogP contribution in [-0.4, -0.2) is 10.4 Å². The van der Waals surface area contributed by atoms with Gasteiger partial charge in [-0.3, -0.25) is 4.79 Å². The van der Waals surface area contributed by atoms with E-state index in [-0.39, 0.29) is 5.78 Å². The molecule has 3 nitrogen and oxygen atoms in total. The zero-order chi connectivity index (χ0) is 18.5. The lowest BCUT2D eigenvalue weighted by molar-refractivity contribution is -0.683. The van der Waals surface area contributed by atoms with Crippen molar-refractivity contribution in [2.45, 2.75) is 46.7 Å². The van der Waals surface area contributed by atoms with Gasteiger partial charge in [0.15, 0.2) is 12.4 Å². The van der Waals surface area contributed by atoms with Crippen molar-refractivity contribution in [2.24, 2.45) is 0 Å². The normalized spacial score (nSPS) is 10.9. The molecule has 0 aliphatic rings. The quantitative estimate of drug-likeness (QED) is 0.467. The summed E-state index contributed by atoms with van der Waals surface area (Å²) in [4.78, 5) is 12.8. The smallest absolute Gasteiger partial charge is 0.229 e. The summed E-state index contributed by atoms with van der Waals surface area (Å²) in [6, 6.07) is 16.7. The van der Waals surface area contributed by atoms with E-state index in [1.165, 1.54) is 11.1 Å². The number of pyridine rings is 1. The number of carbonyl (C=O) groups is 1. The fourth-order valence-corrected chi connectivity index (χ4v) is 3.39. The van der Waals surface area contributed by atoms with Gasteiger partial charge in [0, 0.05) is 35.6 Å². The number of rotatable bonds is 7. The van der Waals surface area contributed by atoms with Crippen molar-refractivity contribution in [1.82, 2.24) is 4.57 Å². The second-order valence-corrected chi connectivity index (χ2v) is 6.83. The van der Waals surface area contributed by atoms with Gasteiger partial charge in [0.05, 0.1) is 0 Å². The highest BCUT2D eigenvalue weighted by molar-refractivity contribution is 5.96. The average molecular weight is 347 g/mol. The molecular weight excluding hydrogens is 320 g/mol. The summed E-state index contributed by atoms with van der Waals surface area (Å²) in [5.74, 6) is 0.165. The topological polar surface area (TPSA) is 25.9 Å². The molecule has 2 aromatic heterocycles. The first-order valence-electron chi connectivity index (χ1n) is 9.30. The van der Waals surface area contributed by atoms with E-state index in [1.54, 1.807) is 0 Å². The van der Waals surface area contributed by atoms with Crippen LogP contribution in [0.1, 0.15) is 39.8 Å². The number of Topliss-reactive ketones (excluding diaryl/α,β-unsaturated/α-hetero) is 1. The number of aryl methyl sites for hydroxylation is 3. The van der Waals surface area contributed by atoms with E-state index in [0.29, 0.717) is 6.54 Å². The lowest BCUT2D eigenvalue weighted by atomic mass is 10.1. The van der Waals surface area contributed by atoms with Gasteiger partial charge in [0.1, 0.15) is 0 Å². The number of aromatic nitrogens is 2. The number of hydrogen-bond donors (Lipinski definition) is 0. The highest BCUT2D eigenvalue weighted by Crippen LogP contribution is 2.17. The Kier molecular flexibility index (Phi) is 5.67. The van der Waals surface area contributed by atoms with Gasteiger partial charge in [-0.25, -0.2) is 0 Å². The van der Waals surface area contributed by atoms with Crippen LogP contribution < -0.4 is 4.57 Å². The van der Waals surface area contributed by atoms with Gasteiger partial charge in [-0.15, -0.1) is 0 Å². The molecule has 0 radical (unpaired) electrons. The molecule has 3 rings (SSSR count). The Bertz CT molecular complexity index is 877. The van der Waals surface area contributed by atoms with E-state index in [2.05, 4.69) is 61.7 Å². The molecule has 3 aromatic rings. The minimum absolute atomic E-state index is 0.165. The molecule has 0 unspecified atom stereocenters. The van der Waals surface area contributed by atoms with Gasteiger partial charge in [-0.2, -0.15) is 4.57 Å². The Morgan fingerprint density at radius 2 is 1.69 bits per heavy atom. The van der Waals surface area contributed by atoms with E-state index in [4.69, 9.17) is 0 Å². The van der Waals surface area contributed by atoms with E-state index in [9.17, 15) is 4.79 Å². The minimum Gasteiger partial charge on any atom is -0.348 e. The van der Waals surface area contributed by atoms with Crippen LogP contribution in [0.4, 0.5) is 0 Å². The summed E-state index contributed by atoms with van der Waals surface area (Å²) in [6.07, 6.45) is 5.96. The number of ketones is 1. The predicted molar refractivity (Wildman–Crippen MR) is 104 cm³/mol. The molecule has 0 N–H and O–H groups in total. The average Bonchev–Trinajstić information content (AvgIpc) is 2.95. The number of nitrogens with zero attached hydrogens (tertiary/aromatic N) is 2. The highest BCUT2D eigenvalue weighted by Gasteiger charge is 2.19. The van der Waals surface area contributed by atoms with Crippen LogP contribution in [0.2, 0.25) is 0 Å². The minimum atomic E-state index is 0.165. The molecule has 1 aromatic carbocycles. The summed E-state index contributed by atoms with van der Waals surface area (Å²) in [6.45, 7) is 7.55. The zero-order valence-corrected chi connectivity index (χ0v) is 15.9. The van der Waals surface area contributed by atoms with E-state index in [1.807, 2.05) is 29.1 Å². The maximum atomic E-state index is 12.8. The van der Waals surface area contributed by atoms with Gasteiger partial charge in [0.2, 0.25) is 12.3 Å². The van der Waals surface area contributed by atoms with Crippen molar-refractivity contribution >= 4 is 5.78 Å². The third kappa shape index (κ3) is 4.10. The molecule has 0 bridgehead atoms. The van der Waals surface area contributed by atoms with Gasteiger partial charge in [-0.1, -0.05) is 37.3 Å². The standard InChI is InChI=1S/C23H27N2O/c1-4-20-10-13-24(14-11-20)17-23(26)22-16-18(2)25(19(22)3)15-12-21-8-6-5-7-9-21/h5-11,13-14,16H,4,12,15,17H2,1-3H3/q+1. The number of carbonyl (C=O) groups excluding carboxylic acids is 1. The van der Waals surface area contributed by atoms with Crippen LogP contribution in [0.5, 0.6) is 0 Å². The van der Waals surface area contributed by atoms with E-state index >= 15 is 0 Å². The Hall–Kier alpha value is -2.68. The van der Waals surface area contributed by atoms with Crippen molar-refractivity contribution in [3.05, 3.63) is 89.0 Å². The molecule has 0 aliphatic heterocycles. The second-order valence-electron chi connectivity index (χ2n) is 6.83. The monoisotopic (exact) mass is 347 g/mol. The number of benzene rings is 1. The van der Waals surface area contributed by atoms with Crippen molar-refractivity contribution in [3.63, 3.8) is 0 Å². The third-order valence-electron chi connectivity index (χ3n) is 5.04. The first-order valence-corrected chi connectivity index (χ1v) is 9.30. The van der Waals surface area contributed by atoms with Crippen LogP contribution in [0.15, 0.2) is 60.9 Å². The maximum Gasteiger partial charge on any atom is 0.229 e. The van der Waals surface area contributed by atoms with Gasteiger partial charge in [-0.05, 0) is 43.9 Å². The predicted octanol–water partition coefficient (Wildman–Crippen LogP) is 4.08. The summed E-state index contributed by atoms with van der Waals surface area (Å²) in [5.41, 5.74) is 5.65. The summed E-state index contributed by atoms with van der Waals surface area (Å²) in [7, 11) is 0.